The SMILES string of the molecule is CC(CCNC(=O)OCC1c2ccccc2-c2ccccc21)CCC(=O)NCCOCC(=O)O. The highest BCUT2D eigenvalue weighted by Gasteiger charge is 2.28. The summed E-state index contributed by atoms with van der Waals surface area (Å²) >= 11 is 0. The van der Waals surface area contributed by atoms with E-state index in [9.17, 15) is 14.4 Å². The van der Waals surface area contributed by atoms with Crippen LogP contribution in [0.3, 0.4) is 0 Å². The Balaban J connectivity index is 1.31. The molecule has 3 N–H and O–H groups in total. The van der Waals surface area contributed by atoms with Gasteiger partial charge >= 0.3 is 12.1 Å². The van der Waals surface area contributed by atoms with Gasteiger partial charge in [0.25, 0.3) is 0 Å². The van der Waals surface area contributed by atoms with Crippen molar-refractivity contribution in [3.63, 3.8) is 0 Å². The maximum absolute atomic E-state index is 12.2. The highest BCUT2D eigenvalue weighted by Crippen LogP contribution is 2.44. The molecule has 0 bridgehead atoms. The Morgan fingerprint density at radius 3 is 2.24 bits per heavy atom. The van der Waals surface area contributed by atoms with E-state index in [1.807, 2.05) is 31.2 Å². The van der Waals surface area contributed by atoms with Crippen molar-refractivity contribution < 1.29 is 29.0 Å². The monoisotopic (exact) mass is 468 g/mol. The molecular weight excluding hydrogens is 436 g/mol. The molecule has 0 spiro atoms. The first-order chi connectivity index (χ1) is 16.5. The van der Waals surface area contributed by atoms with Gasteiger partial charge in [-0.05, 0) is 41.0 Å². The van der Waals surface area contributed by atoms with Crippen molar-refractivity contribution >= 4 is 18.0 Å². The van der Waals surface area contributed by atoms with Gasteiger partial charge in [-0.3, -0.25) is 4.79 Å². The lowest BCUT2D eigenvalue weighted by Crippen LogP contribution is -2.29. The number of rotatable bonds is 13. The molecule has 0 heterocycles. The van der Waals surface area contributed by atoms with Crippen molar-refractivity contribution in [2.45, 2.75) is 32.1 Å². The van der Waals surface area contributed by atoms with Crippen molar-refractivity contribution in [2.24, 2.45) is 5.92 Å². The van der Waals surface area contributed by atoms with Gasteiger partial charge in [0.05, 0.1) is 6.61 Å². The summed E-state index contributed by atoms with van der Waals surface area (Å²) in [6.07, 6.45) is 1.35. The van der Waals surface area contributed by atoms with Gasteiger partial charge in [0.1, 0.15) is 13.2 Å². The molecule has 1 unspecified atom stereocenters. The fraction of sp³-hybridized carbons (Fsp3) is 0.423. The molecule has 1 aliphatic carbocycles. The standard InChI is InChI=1S/C26H32N2O6/c1-18(10-11-24(29)27-14-15-33-17-25(30)31)12-13-28-26(32)34-16-23-21-8-4-2-6-19(21)20-7-3-5-9-22(20)23/h2-9,18,23H,10-17H2,1H3,(H,27,29)(H,28,32)(H,30,31). The molecule has 0 aliphatic heterocycles. The molecule has 0 saturated heterocycles. The second-order valence-electron chi connectivity index (χ2n) is 8.48. The van der Waals surface area contributed by atoms with Crippen molar-refractivity contribution in [1.82, 2.24) is 10.6 Å². The second kappa shape index (κ2) is 12.7. The number of benzene rings is 2. The predicted octanol–water partition coefficient (Wildman–Crippen LogP) is 3.55. The summed E-state index contributed by atoms with van der Waals surface area (Å²) in [6.45, 7) is 2.86. The molecule has 0 fully saturated rings. The Bertz CT molecular complexity index is 947. The van der Waals surface area contributed by atoms with Crippen LogP contribution < -0.4 is 10.6 Å². The number of fused-ring (bicyclic) bond motifs is 3. The summed E-state index contributed by atoms with van der Waals surface area (Å²) in [5, 5.41) is 14.0. The zero-order valence-corrected chi connectivity index (χ0v) is 19.4. The first-order valence-corrected chi connectivity index (χ1v) is 11.6. The number of nitrogens with one attached hydrogen (secondary N) is 2. The van der Waals surface area contributed by atoms with Crippen molar-refractivity contribution in [1.29, 1.82) is 0 Å². The number of carboxylic acids is 1. The fourth-order valence-electron chi connectivity index (χ4n) is 4.10. The molecule has 2 amide bonds. The Kier molecular flexibility index (Phi) is 9.46. The largest absolute Gasteiger partial charge is 0.480 e. The van der Waals surface area contributed by atoms with E-state index < -0.39 is 12.1 Å². The number of hydrogen-bond donors (Lipinski definition) is 3. The molecule has 0 radical (unpaired) electrons. The Morgan fingerprint density at radius 2 is 1.59 bits per heavy atom. The van der Waals surface area contributed by atoms with Gasteiger partial charge in [-0.2, -0.15) is 0 Å². The topological polar surface area (TPSA) is 114 Å². The number of carboxylic acid groups (broad SMARTS) is 1. The molecule has 1 aliphatic rings. The van der Waals surface area contributed by atoms with Crippen LogP contribution in [0.15, 0.2) is 48.5 Å². The normalized spacial score (nSPS) is 13.0. The molecule has 8 nitrogen and oxygen atoms in total. The lowest BCUT2D eigenvalue weighted by atomic mass is 9.98. The molecular formula is C26H32N2O6. The summed E-state index contributed by atoms with van der Waals surface area (Å²) in [5.41, 5.74) is 4.74. The number of carbonyl (C=O) groups is 3. The lowest BCUT2D eigenvalue weighted by molar-refractivity contribution is -0.142. The van der Waals surface area contributed by atoms with E-state index in [-0.39, 0.29) is 44.1 Å². The summed E-state index contributed by atoms with van der Waals surface area (Å²) in [5.74, 6) is -0.852. The third-order valence-corrected chi connectivity index (χ3v) is 5.91. The van der Waals surface area contributed by atoms with Gasteiger partial charge in [0.15, 0.2) is 0 Å². The summed E-state index contributed by atoms with van der Waals surface area (Å²) < 4.78 is 10.4. The van der Waals surface area contributed by atoms with Gasteiger partial charge in [-0.1, -0.05) is 55.5 Å². The Labute approximate surface area is 199 Å². The quantitative estimate of drug-likeness (QED) is 0.388. The molecule has 1 atom stereocenters. The molecule has 3 rings (SSSR count). The minimum Gasteiger partial charge on any atom is -0.480 e. The highest BCUT2D eigenvalue weighted by molar-refractivity contribution is 5.79. The van der Waals surface area contributed by atoms with Crippen LogP contribution in [-0.4, -0.2) is 56.0 Å². The van der Waals surface area contributed by atoms with Gasteiger partial charge in [-0.25, -0.2) is 9.59 Å². The zero-order chi connectivity index (χ0) is 24.3. The van der Waals surface area contributed by atoms with E-state index in [2.05, 4.69) is 34.9 Å². The number of ether oxygens (including phenoxy) is 2. The van der Waals surface area contributed by atoms with Crippen molar-refractivity contribution in [3.05, 3.63) is 59.7 Å². The highest BCUT2D eigenvalue weighted by atomic mass is 16.5. The smallest absolute Gasteiger partial charge is 0.407 e. The van der Waals surface area contributed by atoms with E-state index in [0.717, 1.165) is 6.42 Å². The van der Waals surface area contributed by atoms with Crippen LogP contribution in [0, 0.1) is 5.92 Å². The van der Waals surface area contributed by atoms with Crippen molar-refractivity contribution in [3.8, 4) is 11.1 Å². The van der Waals surface area contributed by atoms with Gasteiger partial charge in [0.2, 0.25) is 5.91 Å². The number of hydrogen-bond acceptors (Lipinski definition) is 5. The van der Waals surface area contributed by atoms with E-state index >= 15 is 0 Å². The second-order valence-corrected chi connectivity index (χ2v) is 8.48. The zero-order valence-electron chi connectivity index (χ0n) is 19.4. The molecule has 0 aromatic heterocycles. The molecule has 34 heavy (non-hydrogen) atoms. The third-order valence-electron chi connectivity index (χ3n) is 5.91. The van der Waals surface area contributed by atoms with Crippen LogP contribution >= 0.6 is 0 Å². The first-order valence-electron chi connectivity index (χ1n) is 11.6. The molecule has 182 valence electrons. The van der Waals surface area contributed by atoms with Crippen LogP contribution in [0.4, 0.5) is 4.79 Å². The Morgan fingerprint density at radius 1 is 0.941 bits per heavy atom. The minimum atomic E-state index is -1.04. The number of amides is 2. The molecule has 8 heteroatoms. The van der Waals surface area contributed by atoms with Crippen LogP contribution in [0.25, 0.3) is 11.1 Å². The van der Waals surface area contributed by atoms with Crippen LogP contribution in [0.5, 0.6) is 0 Å². The number of carbonyl (C=O) groups excluding carboxylic acids is 2. The van der Waals surface area contributed by atoms with E-state index in [0.29, 0.717) is 19.4 Å². The van der Waals surface area contributed by atoms with Crippen molar-refractivity contribution in [2.75, 3.05) is 32.9 Å². The maximum atomic E-state index is 12.2. The minimum absolute atomic E-state index is 0.0325. The summed E-state index contributed by atoms with van der Waals surface area (Å²) in [4.78, 5) is 34.4. The molecule has 2 aromatic carbocycles. The average molecular weight is 469 g/mol. The first kappa shape index (κ1) is 25.2. The van der Waals surface area contributed by atoms with E-state index in [4.69, 9.17) is 14.6 Å². The van der Waals surface area contributed by atoms with Crippen LogP contribution in [0.2, 0.25) is 0 Å². The van der Waals surface area contributed by atoms with Gasteiger partial charge < -0.3 is 25.2 Å². The van der Waals surface area contributed by atoms with Gasteiger partial charge in [0, 0.05) is 25.4 Å². The Hall–Kier alpha value is -3.39. The third kappa shape index (κ3) is 7.31. The average Bonchev–Trinajstić information content (AvgIpc) is 3.15. The summed E-state index contributed by atoms with van der Waals surface area (Å²) in [6, 6.07) is 16.4. The van der Waals surface area contributed by atoms with Crippen LogP contribution in [0.1, 0.15) is 43.2 Å². The summed E-state index contributed by atoms with van der Waals surface area (Å²) in [7, 11) is 0. The molecule has 2 aromatic rings. The van der Waals surface area contributed by atoms with Crippen LogP contribution in [-0.2, 0) is 19.1 Å². The lowest BCUT2D eigenvalue weighted by Gasteiger charge is -2.15. The van der Waals surface area contributed by atoms with E-state index in [1.54, 1.807) is 0 Å². The molecule has 0 saturated carbocycles. The van der Waals surface area contributed by atoms with Gasteiger partial charge in [-0.15, -0.1) is 0 Å². The number of aliphatic carboxylic acids is 1. The predicted molar refractivity (Wildman–Crippen MR) is 128 cm³/mol. The van der Waals surface area contributed by atoms with E-state index in [1.165, 1.54) is 22.3 Å². The maximum Gasteiger partial charge on any atom is 0.407 e. The fourth-order valence-corrected chi connectivity index (χ4v) is 4.10. The number of alkyl carbamates (subject to hydrolysis) is 1.